The summed E-state index contributed by atoms with van der Waals surface area (Å²) in [7, 11) is 7.37. The fourth-order valence-corrected chi connectivity index (χ4v) is 15.5. The van der Waals surface area contributed by atoms with E-state index >= 15 is 0 Å². The highest BCUT2D eigenvalue weighted by atomic mass is 35.5. The highest BCUT2D eigenvalue weighted by Gasteiger charge is 2.32. The highest BCUT2D eigenvalue weighted by Crippen LogP contribution is 2.30. The van der Waals surface area contributed by atoms with Gasteiger partial charge < -0.3 is 57.2 Å². The molecule has 14 N–H and O–H groups in total. The number of hydrogen-bond donors (Lipinski definition) is 14. The van der Waals surface area contributed by atoms with Crippen molar-refractivity contribution < 1.29 is 62.4 Å². The number of aromatic nitrogens is 18. The molecule has 0 aliphatic heterocycles. The number of halogens is 5. The van der Waals surface area contributed by atoms with Crippen molar-refractivity contribution in [3.8, 4) is 67.5 Å². The largest absolute Gasteiger partial charge is 0.394 e. The third-order valence-electron chi connectivity index (χ3n) is 22.6. The van der Waals surface area contributed by atoms with E-state index in [1.807, 2.05) is 140 Å². The zero-order chi connectivity index (χ0) is 106. The Kier molecular flexibility index (Phi) is 39.3. The summed E-state index contributed by atoms with van der Waals surface area (Å²) in [6.45, 7) is 3.48. The Labute approximate surface area is 864 Å². The number of aromatic amines is 4. The van der Waals surface area contributed by atoms with Crippen LogP contribution in [0.2, 0.25) is 10.0 Å². The summed E-state index contributed by atoms with van der Waals surface area (Å²) in [5.74, 6) is -3.27. The summed E-state index contributed by atoms with van der Waals surface area (Å²) >= 11 is 11.9. The average molecular weight is 2050 g/mol. The van der Waals surface area contributed by atoms with Crippen molar-refractivity contribution in [1.82, 2.24) is 127 Å². The van der Waals surface area contributed by atoms with Crippen LogP contribution in [-0.2, 0) is 26.9 Å². The molecule has 5 atom stereocenters. The Bertz CT molecular complexity index is 7380. The van der Waals surface area contributed by atoms with Crippen LogP contribution >= 0.6 is 23.2 Å². The fourth-order valence-electron chi connectivity index (χ4n) is 15.1. The molecule has 5 unspecified atom stereocenters. The SMILES string of the molecule is CC(C)(O)C(NC(=O)c1cc(-c2ccncc2)n[nH]1)c1cccc(F)c1.CN(C)CC(NC(=O)c1cc(-c2ccncc2)n[nH]1)c1ccccc1.Cn1nc(-c2ccncc2)cc1C(=O)NC(CO)c1cccc(F)c1.Cn1nc(C(=O)NC(CO)c2cccc(F)c2)cc1-c1ccncc1.O=C(NC(CO)Cc1cccc(Cl)c1)c1cc(-c2ccncc2)n[nH]1.O=C(NCCc1cccc(Cl)c1)c1cc(-c2ccncc2)n[nH]1. The van der Waals surface area contributed by atoms with Crippen LogP contribution in [-0.4, -0.2) is 210 Å². The molecule has 0 radical (unpaired) electrons. The average Bonchev–Trinajstić information content (AvgIpc) is 1.79. The van der Waals surface area contributed by atoms with E-state index in [9.17, 15) is 62.4 Å². The van der Waals surface area contributed by atoms with Crippen molar-refractivity contribution in [3.05, 3.63) is 430 Å². The summed E-state index contributed by atoms with van der Waals surface area (Å²) in [6, 6.07) is 71.4. The normalized spacial score (nSPS) is 11.9. The van der Waals surface area contributed by atoms with Crippen LogP contribution in [0.1, 0.15) is 134 Å². The van der Waals surface area contributed by atoms with E-state index in [1.54, 1.807) is 192 Å². The van der Waals surface area contributed by atoms with Gasteiger partial charge in [-0.3, -0.25) is 88.4 Å². The van der Waals surface area contributed by atoms with Crippen LogP contribution in [0.15, 0.2) is 335 Å². The third kappa shape index (κ3) is 32.2. The number of H-pyrrole nitrogens is 4. The standard InChI is InChI=1S/C19H19FN4O2.C19H21N5O.C18H17ClN4O2.2C18H17FN4O2.C17H15ClN4O/c1-19(2,26)17(13-4-3-5-14(20)10-13)22-18(25)16-11-15(23-24-16)12-6-8-21-9-7-12;1-24(2)13-18(14-6-4-3-5-7-14)21-19(25)17-12-16(22-23-17)15-8-10-20-11-9-15;19-14-3-1-2-12(8-14)9-15(11-24)21-18(25)17-10-16(22-23-17)13-4-6-20-7-5-13;1-23-17(12-5-7-20-8-6-12)10-15(22-23)18(25)21-16(11-24)13-3-2-4-14(19)9-13;1-23-17(10-15(22-23)12-5-7-20-8-6-12)18(25)21-16(11-24)13-3-2-4-14(19)9-13;18-14-3-1-2-12(10-14)4-9-20-17(23)16-11-15(21-22-16)13-5-7-19-8-6-13/h3-11,17,26H,1-2H3,(H,22,25)(H,23,24);3-12,18H,13H2,1-2H3,(H,21,25)(H,22,23);1-8,10,15,24H,9,11H2,(H,21,25)(H,22,23);2*2-10,16,24H,11H2,1H3,(H,21,25);1-3,5-8,10-11H,4,9H2,(H,20,23)(H,21,22). The maximum Gasteiger partial charge on any atom is 0.272 e. The van der Waals surface area contributed by atoms with Crippen molar-refractivity contribution in [1.29, 1.82) is 0 Å². The molecule has 35 nitrogen and oxygen atoms in total. The second kappa shape index (κ2) is 53.9. The lowest BCUT2D eigenvalue weighted by molar-refractivity contribution is 0.0341. The van der Waals surface area contributed by atoms with Gasteiger partial charge in [0.2, 0.25) is 0 Å². The van der Waals surface area contributed by atoms with Crippen molar-refractivity contribution in [2.75, 3.05) is 47.0 Å². The van der Waals surface area contributed by atoms with E-state index in [4.69, 9.17) is 23.2 Å². The van der Waals surface area contributed by atoms with Crippen LogP contribution in [0, 0.1) is 17.5 Å². The summed E-state index contributed by atoms with van der Waals surface area (Å²) in [6.07, 6.45) is 21.2. The Balaban J connectivity index is 0.000000149. The van der Waals surface area contributed by atoms with Gasteiger partial charge in [-0.1, -0.05) is 114 Å². The minimum atomic E-state index is -1.29. The number of aryl methyl sites for hydroxylation is 2. The first-order chi connectivity index (χ1) is 72.0. The van der Waals surface area contributed by atoms with Gasteiger partial charge in [0, 0.05) is 145 Å². The first-order valence-electron chi connectivity index (χ1n) is 46.6. The quantitative estimate of drug-likeness (QED) is 0.0186. The van der Waals surface area contributed by atoms with Crippen LogP contribution in [0.4, 0.5) is 13.2 Å². The molecule has 0 aliphatic rings. The van der Waals surface area contributed by atoms with Gasteiger partial charge in [-0.2, -0.15) is 30.6 Å². The molecule has 0 saturated carbocycles. The molecular weight excluding hydrogens is 1950 g/mol. The minimum Gasteiger partial charge on any atom is -0.394 e. The van der Waals surface area contributed by atoms with E-state index in [0.29, 0.717) is 91.8 Å². The van der Waals surface area contributed by atoms with E-state index in [2.05, 4.69) is 113 Å². The Morgan fingerprint density at radius 3 is 1.17 bits per heavy atom. The number of pyridine rings is 6. The Morgan fingerprint density at radius 2 is 0.752 bits per heavy atom. The van der Waals surface area contributed by atoms with Crippen molar-refractivity contribution in [3.63, 3.8) is 0 Å². The molecule has 12 heterocycles. The number of aliphatic hydroxyl groups is 4. The summed E-state index contributed by atoms with van der Waals surface area (Å²) in [5.41, 5.74) is 14.6. The van der Waals surface area contributed by atoms with Crippen LogP contribution in [0.25, 0.3) is 67.5 Å². The number of likely N-dealkylation sites (N-methyl/N-ethyl adjacent to an activating group) is 1. The maximum atomic E-state index is 13.6. The van der Waals surface area contributed by atoms with Gasteiger partial charge in [0.05, 0.1) is 89.8 Å². The second-order valence-corrected chi connectivity index (χ2v) is 35.2. The number of aliphatic hydroxyl groups excluding tert-OH is 3. The number of benzene rings is 6. The monoisotopic (exact) mass is 2050 g/mol. The topological polar surface area (TPSA) is 486 Å². The lowest BCUT2D eigenvalue weighted by atomic mass is 9.91. The lowest BCUT2D eigenvalue weighted by Gasteiger charge is -2.30. The molecule has 762 valence electrons. The van der Waals surface area contributed by atoms with Crippen LogP contribution < -0.4 is 31.9 Å². The molecule has 18 rings (SSSR count). The summed E-state index contributed by atoms with van der Waals surface area (Å²) in [4.78, 5) is 101. The number of carbonyl (C=O) groups excluding carboxylic acids is 6. The number of nitrogens with zero attached hydrogens (tertiary/aromatic N) is 15. The zero-order valence-corrected chi connectivity index (χ0v) is 82.9. The minimum absolute atomic E-state index is 0.101. The van der Waals surface area contributed by atoms with Gasteiger partial charge in [0.1, 0.15) is 45.9 Å². The van der Waals surface area contributed by atoms with Crippen LogP contribution in [0.3, 0.4) is 0 Å². The molecule has 0 bridgehead atoms. The number of rotatable bonds is 32. The smallest absolute Gasteiger partial charge is 0.272 e. The molecule has 40 heteroatoms. The molecule has 149 heavy (non-hydrogen) atoms. The summed E-state index contributed by atoms with van der Waals surface area (Å²) in [5, 5.41) is 93.4. The van der Waals surface area contributed by atoms with Gasteiger partial charge in [-0.25, -0.2) is 13.2 Å². The van der Waals surface area contributed by atoms with Gasteiger partial charge in [0.15, 0.2) is 5.69 Å². The molecule has 18 aromatic rings. The first-order valence-corrected chi connectivity index (χ1v) is 47.3. The van der Waals surface area contributed by atoms with E-state index < -0.39 is 64.9 Å². The van der Waals surface area contributed by atoms with Gasteiger partial charge in [0.25, 0.3) is 35.4 Å². The molecule has 12 aromatic heterocycles. The number of amides is 6. The number of hydrogen-bond acceptors (Lipinski definition) is 23. The molecular formula is C109H106Cl2F3N25O10. The maximum absolute atomic E-state index is 13.6. The van der Waals surface area contributed by atoms with Crippen LogP contribution in [0.5, 0.6) is 0 Å². The predicted molar refractivity (Wildman–Crippen MR) is 557 cm³/mol. The molecule has 0 saturated heterocycles. The number of nitrogens with one attached hydrogen (secondary N) is 10. The molecule has 0 aliphatic carbocycles. The summed E-state index contributed by atoms with van der Waals surface area (Å²) < 4.78 is 43.3. The van der Waals surface area contributed by atoms with E-state index in [0.717, 1.165) is 67.9 Å². The van der Waals surface area contributed by atoms with E-state index in [-0.39, 0.29) is 55.0 Å². The Morgan fingerprint density at radius 1 is 0.376 bits per heavy atom. The van der Waals surface area contributed by atoms with Crippen molar-refractivity contribution in [2.45, 2.75) is 62.5 Å². The predicted octanol–water partition coefficient (Wildman–Crippen LogP) is 15.1. The van der Waals surface area contributed by atoms with Crippen molar-refractivity contribution >= 4 is 58.6 Å². The zero-order valence-electron chi connectivity index (χ0n) is 81.4. The molecule has 0 spiro atoms. The number of carbonyl (C=O) groups is 6. The molecule has 0 fully saturated rings. The van der Waals surface area contributed by atoms with E-state index in [1.165, 1.54) is 59.3 Å². The second-order valence-electron chi connectivity index (χ2n) is 34.3. The third-order valence-corrected chi connectivity index (χ3v) is 23.1. The lowest BCUT2D eigenvalue weighted by Crippen LogP contribution is -2.42. The Hall–Kier alpha value is -17.5. The van der Waals surface area contributed by atoms with Gasteiger partial charge >= 0.3 is 0 Å². The van der Waals surface area contributed by atoms with Crippen molar-refractivity contribution in [2.24, 2.45) is 14.1 Å². The van der Waals surface area contributed by atoms with Gasteiger partial charge in [-0.15, -0.1) is 0 Å². The van der Waals surface area contributed by atoms with Gasteiger partial charge in [-0.05, 0) is 244 Å². The molecule has 6 amide bonds. The highest BCUT2D eigenvalue weighted by molar-refractivity contribution is 6.31. The first kappa shape index (κ1) is 109. The molecule has 6 aromatic carbocycles. The fraction of sp³-hybridized carbons (Fsp3) is 0.174.